The first-order valence-electron chi connectivity index (χ1n) is 11.3. The molecule has 0 aliphatic rings. The number of para-hydroxylation sites is 3. The van der Waals surface area contributed by atoms with Gasteiger partial charge in [-0.1, -0.05) is 78.9 Å². The quantitative estimate of drug-likeness (QED) is 0.302. The molecule has 0 atom stereocenters. The molecule has 6 aromatic rings. The molecule has 33 heavy (non-hydrogen) atoms. The molecule has 0 fully saturated rings. The normalized spacial score (nSPS) is 11.2. The van der Waals surface area contributed by atoms with Crippen LogP contribution in [0.15, 0.2) is 121 Å². The van der Waals surface area contributed by atoms with Crippen molar-refractivity contribution in [3.8, 4) is 27.9 Å². The maximum Gasteiger partial charge on any atom is 0.0541 e. The summed E-state index contributed by atoms with van der Waals surface area (Å²) in [7, 11) is 1.97. The van der Waals surface area contributed by atoms with Crippen LogP contribution in [0.5, 0.6) is 0 Å². The fraction of sp³-hybridized carbons (Fsp3) is 0.0323. The van der Waals surface area contributed by atoms with Crippen LogP contribution < -0.4 is 5.32 Å². The maximum atomic E-state index is 3.31. The number of hydrogen-bond acceptors (Lipinski definition) is 1. The van der Waals surface area contributed by atoms with Crippen molar-refractivity contribution < 1.29 is 0 Å². The number of benzene rings is 5. The van der Waals surface area contributed by atoms with E-state index in [1.165, 1.54) is 49.7 Å². The summed E-state index contributed by atoms with van der Waals surface area (Å²) in [6.07, 6.45) is 0. The third-order valence-corrected chi connectivity index (χ3v) is 6.39. The Morgan fingerprint density at radius 3 is 2.09 bits per heavy atom. The molecule has 1 heterocycles. The molecule has 0 bridgehead atoms. The van der Waals surface area contributed by atoms with Gasteiger partial charge in [0, 0.05) is 34.8 Å². The van der Waals surface area contributed by atoms with Crippen molar-refractivity contribution in [1.29, 1.82) is 0 Å². The van der Waals surface area contributed by atoms with E-state index in [2.05, 4.69) is 131 Å². The largest absolute Gasteiger partial charge is 0.388 e. The number of fused-ring (bicyclic) bond motifs is 3. The minimum absolute atomic E-state index is 1.14. The number of hydrogen-bond donors (Lipinski definition) is 1. The average Bonchev–Trinajstić information content (AvgIpc) is 3.23. The summed E-state index contributed by atoms with van der Waals surface area (Å²) in [5.74, 6) is 0. The molecule has 0 aliphatic heterocycles. The van der Waals surface area contributed by atoms with Gasteiger partial charge in [0.25, 0.3) is 0 Å². The average molecular weight is 425 g/mol. The van der Waals surface area contributed by atoms with Crippen molar-refractivity contribution in [2.75, 3.05) is 12.4 Å². The van der Waals surface area contributed by atoms with Crippen molar-refractivity contribution in [2.45, 2.75) is 0 Å². The highest BCUT2D eigenvalue weighted by Gasteiger charge is 2.13. The predicted molar refractivity (Wildman–Crippen MR) is 141 cm³/mol. The van der Waals surface area contributed by atoms with Crippen LogP contribution >= 0.6 is 0 Å². The first-order valence-corrected chi connectivity index (χ1v) is 11.3. The zero-order chi connectivity index (χ0) is 22.2. The van der Waals surface area contributed by atoms with Gasteiger partial charge in [-0.3, -0.25) is 0 Å². The fourth-order valence-electron chi connectivity index (χ4n) is 4.83. The van der Waals surface area contributed by atoms with E-state index in [4.69, 9.17) is 0 Å². The number of nitrogens with one attached hydrogen (secondary N) is 1. The van der Waals surface area contributed by atoms with Crippen LogP contribution in [0.3, 0.4) is 0 Å². The lowest BCUT2D eigenvalue weighted by atomic mass is 9.97. The molecule has 158 valence electrons. The smallest absolute Gasteiger partial charge is 0.0541 e. The van der Waals surface area contributed by atoms with Crippen LogP contribution in [0, 0.1) is 0 Å². The minimum Gasteiger partial charge on any atom is -0.388 e. The summed E-state index contributed by atoms with van der Waals surface area (Å²) in [6, 6.07) is 43.3. The summed E-state index contributed by atoms with van der Waals surface area (Å²) in [6.45, 7) is 0. The Hall–Kier alpha value is -4.30. The molecule has 0 unspecified atom stereocenters. The van der Waals surface area contributed by atoms with Crippen molar-refractivity contribution in [3.05, 3.63) is 121 Å². The van der Waals surface area contributed by atoms with Crippen LogP contribution in [-0.2, 0) is 0 Å². The predicted octanol–water partition coefficient (Wildman–Crippen LogP) is 8.16. The van der Waals surface area contributed by atoms with E-state index in [0.717, 1.165) is 5.69 Å². The summed E-state index contributed by atoms with van der Waals surface area (Å²) < 4.78 is 2.36. The molecule has 0 radical (unpaired) electrons. The second kappa shape index (κ2) is 7.99. The molecular weight excluding hydrogens is 400 g/mol. The Kier molecular flexibility index (Phi) is 4.70. The molecule has 2 nitrogen and oxygen atoms in total. The highest BCUT2D eigenvalue weighted by Crippen LogP contribution is 2.36. The zero-order valence-corrected chi connectivity index (χ0v) is 18.5. The molecule has 1 N–H and O–H groups in total. The van der Waals surface area contributed by atoms with Gasteiger partial charge in [0.2, 0.25) is 0 Å². The van der Waals surface area contributed by atoms with E-state index in [1.807, 2.05) is 7.05 Å². The van der Waals surface area contributed by atoms with Gasteiger partial charge in [0.1, 0.15) is 0 Å². The van der Waals surface area contributed by atoms with Crippen molar-refractivity contribution in [2.24, 2.45) is 0 Å². The molecular formula is C31H24N2. The molecule has 0 saturated heterocycles. The third kappa shape index (κ3) is 3.28. The van der Waals surface area contributed by atoms with Gasteiger partial charge < -0.3 is 9.88 Å². The van der Waals surface area contributed by atoms with Crippen LogP contribution in [0.1, 0.15) is 0 Å². The van der Waals surface area contributed by atoms with Crippen LogP contribution in [0.25, 0.3) is 49.7 Å². The Morgan fingerprint density at radius 2 is 1.21 bits per heavy atom. The number of rotatable bonds is 4. The number of anilines is 1. The van der Waals surface area contributed by atoms with E-state index < -0.39 is 0 Å². The zero-order valence-electron chi connectivity index (χ0n) is 18.5. The van der Waals surface area contributed by atoms with E-state index >= 15 is 0 Å². The Morgan fingerprint density at radius 1 is 0.515 bits per heavy atom. The molecule has 0 aliphatic carbocycles. The van der Waals surface area contributed by atoms with Gasteiger partial charge in [0.05, 0.1) is 11.0 Å². The Balaban J connectivity index is 1.54. The minimum atomic E-state index is 1.14. The third-order valence-electron chi connectivity index (χ3n) is 6.39. The molecule has 0 spiro atoms. The molecule has 5 aromatic carbocycles. The molecule has 0 amide bonds. The van der Waals surface area contributed by atoms with Crippen LogP contribution in [0.4, 0.5) is 5.69 Å². The highest BCUT2D eigenvalue weighted by molar-refractivity contribution is 6.10. The van der Waals surface area contributed by atoms with Crippen LogP contribution in [-0.4, -0.2) is 11.6 Å². The van der Waals surface area contributed by atoms with Gasteiger partial charge in [0.15, 0.2) is 0 Å². The summed E-state index contributed by atoms with van der Waals surface area (Å²) >= 11 is 0. The van der Waals surface area contributed by atoms with Gasteiger partial charge in [-0.05, 0) is 59.2 Å². The van der Waals surface area contributed by atoms with E-state index in [-0.39, 0.29) is 0 Å². The number of aromatic nitrogens is 1. The molecule has 0 saturated carbocycles. The summed E-state index contributed by atoms with van der Waals surface area (Å²) in [4.78, 5) is 0. The Labute approximate surface area is 193 Å². The fourth-order valence-corrected chi connectivity index (χ4v) is 4.83. The monoisotopic (exact) mass is 424 g/mol. The molecule has 1 aromatic heterocycles. The summed E-state index contributed by atoms with van der Waals surface area (Å²) in [5, 5.41) is 5.86. The lowest BCUT2D eigenvalue weighted by Gasteiger charge is -2.11. The van der Waals surface area contributed by atoms with Gasteiger partial charge in [-0.15, -0.1) is 0 Å². The second-order valence-electron chi connectivity index (χ2n) is 8.30. The highest BCUT2D eigenvalue weighted by atomic mass is 15.0. The second-order valence-corrected chi connectivity index (χ2v) is 8.30. The summed E-state index contributed by atoms with van der Waals surface area (Å²) in [5.41, 5.74) is 9.64. The van der Waals surface area contributed by atoms with Crippen molar-refractivity contribution >= 4 is 27.5 Å². The maximum absolute atomic E-state index is 3.31. The van der Waals surface area contributed by atoms with E-state index in [9.17, 15) is 0 Å². The van der Waals surface area contributed by atoms with Gasteiger partial charge in [-0.25, -0.2) is 0 Å². The van der Waals surface area contributed by atoms with Crippen molar-refractivity contribution in [3.63, 3.8) is 0 Å². The first-order chi connectivity index (χ1) is 16.3. The molecule has 6 rings (SSSR count). The molecule has 2 heteroatoms. The first kappa shape index (κ1) is 19.4. The van der Waals surface area contributed by atoms with Crippen LogP contribution in [0.2, 0.25) is 0 Å². The Bertz CT molecular complexity index is 1590. The van der Waals surface area contributed by atoms with Crippen molar-refractivity contribution in [1.82, 2.24) is 4.57 Å². The number of nitrogens with zero attached hydrogens (tertiary/aromatic N) is 1. The van der Waals surface area contributed by atoms with Gasteiger partial charge >= 0.3 is 0 Å². The van der Waals surface area contributed by atoms with E-state index in [0.29, 0.717) is 0 Å². The van der Waals surface area contributed by atoms with Gasteiger partial charge in [-0.2, -0.15) is 0 Å². The SMILES string of the molecule is CNc1ccccc1-c1cccc(-c2ccc3c(c2)c2ccccc2n3-c2ccccc2)c1. The standard InChI is InChI=1S/C31H24N2/c1-32-29-16-7-5-14-26(29)24-11-9-10-22(20-24)23-18-19-31-28(21-23)27-15-6-8-17-30(27)33(31)25-12-3-2-4-13-25/h2-21,32H,1H3. The topological polar surface area (TPSA) is 17.0 Å². The lowest BCUT2D eigenvalue weighted by molar-refractivity contribution is 1.18. The lowest BCUT2D eigenvalue weighted by Crippen LogP contribution is -1.93. The van der Waals surface area contributed by atoms with E-state index in [1.54, 1.807) is 0 Å².